The Kier molecular flexibility index (Phi) is 5.41. The molecule has 0 spiro atoms. The molecular formula is C17H18O6. The van der Waals surface area contributed by atoms with E-state index in [0.717, 1.165) is 0 Å². The highest BCUT2D eigenvalue weighted by molar-refractivity contribution is 5.86. The van der Waals surface area contributed by atoms with Crippen molar-refractivity contribution in [2.24, 2.45) is 0 Å². The summed E-state index contributed by atoms with van der Waals surface area (Å²) in [7, 11) is 1.49. The summed E-state index contributed by atoms with van der Waals surface area (Å²) in [6.07, 6.45) is 0.460. The molecule has 0 saturated heterocycles. The third-order valence-corrected chi connectivity index (χ3v) is 2.92. The summed E-state index contributed by atoms with van der Waals surface area (Å²) >= 11 is 0. The number of carbonyl (C=O) groups is 2. The number of ether oxygens (including phenoxy) is 3. The Balaban J connectivity index is 2.09. The van der Waals surface area contributed by atoms with E-state index < -0.39 is 5.97 Å². The lowest BCUT2D eigenvalue weighted by atomic mass is 10.2. The molecular weight excluding hydrogens is 300 g/mol. The van der Waals surface area contributed by atoms with Crippen LogP contribution in [-0.4, -0.2) is 25.5 Å². The van der Waals surface area contributed by atoms with E-state index >= 15 is 0 Å². The molecule has 23 heavy (non-hydrogen) atoms. The molecule has 0 fully saturated rings. The number of hydrogen-bond acceptors (Lipinski definition) is 6. The van der Waals surface area contributed by atoms with E-state index in [2.05, 4.69) is 0 Å². The van der Waals surface area contributed by atoms with Crippen molar-refractivity contribution in [3.8, 4) is 11.5 Å². The predicted molar refractivity (Wildman–Crippen MR) is 82.0 cm³/mol. The summed E-state index contributed by atoms with van der Waals surface area (Å²) in [6.45, 7) is 3.57. The Bertz CT molecular complexity index is 686. The Hall–Kier alpha value is -2.76. The molecule has 0 aliphatic rings. The van der Waals surface area contributed by atoms with Gasteiger partial charge in [0.25, 0.3) is 0 Å². The van der Waals surface area contributed by atoms with Gasteiger partial charge in [-0.25, -0.2) is 4.79 Å². The van der Waals surface area contributed by atoms with Gasteiger partial charge in [0.15, 0.2) is 17.8 Å². The molecule has 1 heterocycles. The fourth-order valence-electron chi connectivity index (χ4n) is 1.92. The maximum Gasteiger partial charge on any atom is 0.374 e. The van der Waals surface area contributed by atoms with Gasteiger partial charge < -0.3 is 18.6 Å². The highest BCUT2D eigenvalue weighted by atomic mass is 16.6. The van der Waals surface area contributed by atoms with Crippen molar-refractivity contribution in [3.63, 3.8) is 0 Å². The number of para-hydroxylation sites is 1. The second-order valence-corrected chi connectivity index (χ2v) is 5.01. The molecule has 0 N–H and O–H groups in total. The molecule has 1 aromatic carbocycles. The van der Waals surface area contributed by atoms with E-state index in [-0.39, 0.29) is 18.5 Å². The van der Waals surface area contributed by atoms with Crippen molar-refractivity contribution in [1.29, 1.82) is 0 Å². The Morgan fingerprint density at radius 1 is 1.26 bits per heavy atom. The first kappa shape index (κ1) is 16.6. The highest BCUT2D eigenvalue weighted by Gasteiger charge is 2.16. The summed E-state index contributed by atoms with van der Waals surface area (Å²) < 4.78 is 21.2. The van der Waals surface area contributed by atoms with E-state index in [1.165, 1.54) is 13.2 Å². The number of furan rings is 1. The van der Waals surface area contributed by atoms with E-state index in [1.54, 1.807) is 38.1 Å². The maximum absolute atomic E-state index is 11.7. The number of esters is 1. The minimum absolute atomic E-state index is 0.0518. The summed E-state index contributed by atoms with van der Waals surface area (Å²) in [4.78, 5) is 22.8. The van der Waals surface area contributed by atoms with Gasteiger partial charge in [0.1, 0.15) is 12.4 Å². The van der Waals surface area contributed by atoms with Crippen molar-refractivity contribution in [1.82, 2.24) is 0 Å². The average molecular weight is 318 g/mol. The summed E-state index contributed by atoms with van der Waals surface area (Å²) in [5.74, 6) is 0.779. The molecule has 122 valence electrons. The van der Waals surface area contributed by atoms with Crippen molar-refractivity contribution < 1.29 is 28.2 Å². The largest absolute Gasteiger partial charge is 0.493 e. The third-order valence-electron chi connectivity index (χ3n) is 2.92. The molecule has 0 saturated carbocycles. The zero-order valence-corrected chi connectivity index (χ0v) is 13.2. The minimum Gasteiger partial charge on any atom is -0.493 e. The molecule has 0 unspecified atom stereocenters. The number of rotatable bonds is 7. The van der Waals surface area contributed by atoms with Gasteiger partial charge in [0, 0.05) is 0 Å². The van der Waals surface area contributed by atoms with Crippen LogP contribution in [0, 0.1) is 0 Å². The van der Waals surface area contributed by atoms with Crippen LogP contribution >= 0.6 is 0 Å². The van der Waals surface area contributed by atoms with Crippen molar-refractivity contribution in [2.45, 2.75) is 26.6 Å². The zero-order chi connectivity index (χ0) is 16.8. The van der Waals surface area contributed by atoms with Crippen LogP contribution in [0.15, 0.2) is 34.7 Å². The van der Waals surface area contributed by atoms with Gasteiger partial charge in [-0.05, 0) is 38.1 Å². The lowest BCUT2D eigenvalue weighted by molar-refractivity contribution is 0.0337. The molecule has 2 rings (SSSR count). The van der Waals surface area contributed by atoms with Crippen LogP contribution in [-0.2, 0) is 11.3 Å². The first-order chi connectivity index (χ1) is 11.0. The quantitative estimate of drug-likeness (QED) is 0.576. The summed E-state index contributed by atoms with van der Waals surface area (Å²) in [6, 6.07) is 8.15. The standard InChI is InChI=1S/C17H18O6/c1-11(2)22-17(19)15-8-7-13(23-15)10-21-16-12(9-18)5-4-6-14(16)20-3/h4-9,11H,10H2,1-3H3. The molecule has 0 aliphatic heterocycles. The van der Waals surface area contributed by atoms with E-state index in [0.29, 0.717) is 29.1 Å². The van der Waals surface area contributed by atoms with Gasteiger partial charge in [-0.1, -0.05) is 6.07 Å². The van der Waals surface area contributed by atoms with Gasteiger partial charge in [-0.3, -0.25) is 4.79 Å². The maximum atomic E-state index is 11.7. The second-order valence-electron chi connectivity index (χ2n) is 5.01. The fourth-order valence-corrected chi connectivity index (χ4v) is 1.92. The monoisotopic (exact) mass is 318 g/mol. The Morgan fingerprint density at radius 2 is 2.04 bits per heavy atom. The molecule has 0 amide bonds. The first-order valence-corrected chi connectivity index (χ1v) is 7.09. The van der Waals surface area contributed by atoms with Gasteiger partial charge in [0.2, 0.25) is 5.76 Å². The molecule has 1 aromatic heterocycles. The van der Waals surface area contributed by atoms with Crippen LogP contribution in [0.1, 0.15) is 40.5 Å². The molecule has 0 radical (unpaired) electrons. The summed E-state index contributed by atoms with van der Waals surface area (Å²) in [5, 5.41) is 0. The van der Waals surface area contributed by atoms with E-state index in [1.807, 2.05) is 0 Å². The molecule has 0 bridgehead atoms. The van der Waals surface area contributed by atoms with Crippen molar-refractivity contribution in [3.05, 3.63) is 47.4 Å². The normalized spacial score (nSPS) is 10.4. The van der Waals surface area contributed by atoms with E-state index in [9.17, 15) is 9.59 Å². The number of hydrogen-bond donors (Lipinski definition) is 0. The van der Waals surface area contributed by atoms with Gasteiger partial charge >= 0.3 is 5.97 Å². The van der Waals surface area contributed by atoms with Gasteiger partial charge in [-0.2, -0.15) is 0 Å². The topological polar surface area (TPSA) is 75.0 Å². The highest BCUT2D eigenvalue weighted by Crippen LogP contribution is 2.30. The van der Waals surface area contributed by atoms with Crippen LogP contribution < -0.4 is 9.47 Å². The molecule has 2 aromatic rings. The lowest BCUT2D eigenvalue weighted by Gasteiger charge is -2.11. The predicted octanol–water partition coefficient (Wildman–Crippen LogP) is 3.24. The van der Waals surface area contributed by atoms with E-state index in [4.69, 9.17) is 18.6 Å². The Morgan fingerprint density at radius 3 is 2.70 bits per heavy atom. The lowest BCUT2D eigenvalue weighted by Crippen LogP contribution is -2.10. The van der Waals surface area contributed by atoms with Crippen LogP contribution in [0.3, 0.4) is 0 Å². The van der Waals surface area contributed by atoms with Crippen molar-refractivity contribution in [2.75, 3.05) is 7.11 Å². The van der Waals surface area contributed by atoms with Gasteiger partial charge in [0.05, 0.1) is 18.8 Å². The molecule has 6 heteroatoms. The summed E-state index contributed by atoms with van der Waals surface area (Å²) in [5.41, 5.74) is 0.371. The number of methoxy groups -OCH3 is 1. The first-order valence-electron chi connectivity index (χ1n) is 7.09. The number of aldehydes is 1. The minimum atomic E-state index is -0.530. The second kappa shape index (κ2) is 7.49. The van der Waals surface area contributed by atoms with Crippen LogP contribution in [0.5, 0.6) is 11.5 Å². The van der Waals surface area contributed by atoms with Crippen molar-refractivity contribution >= 4 is 12.3 Å². The smallest absolute Gasteiger partial charge is 0.374 e. The average Bonchev–Trinajstić information content (AvgIpc) is 3.00. The van der Waals surface area contributed by atoms with Gasteiger partial charge in [-0.15, -0.1) is 0 Å². The third kappa shape index (κ3) is 4.12. The molecule has 6 nitrogen and oxygen atoms in total. The molecule has 0 aliphatic carbocycles. The SMILES string of the molecule is COc1cccc(C=O)c1OCc1ccc(C(=O)OC(C)C)o1. The number of carbonyl (C=O) groups excluding carboxylic acids is 2. The van der Waals surface area contributed by atoms with Crippen LogP contribution in [0.4, 0.5) is 0 Å². The van der Waals surface area contributed by atoms with Crippen LogP contribution in [0.2, 0.25) is 0 Å². The van der Waals surface area contributed by atoms with Crippen LogP contribution in [0.25, 0.3) is 0 Å². The number of benzene rings is 1. The zero-order valence-electron chi connectivity index (χ0n) is 13.2. The Labute approximate surface area is 134 Å². The molecule has 0 atom stereocenters. The fraction of sp³-hybridized carbons (Fsp3) is 0.294.